The predicted molar refractivity (Wildman–Crippen MR) is 78.0 cm³/mol. The van der Waals surface area contributed by atoms with Crippen molar-refractivity contribution in [2.24, 2.45) is 0 Å². The summed E-state index contributed by atoms with van der Waals surface area (Å²) >= 11 is 0. The molecule has 108 valence electrons. The Bertz CT molecular complexity index is 552. The summed E-state index contributed by atoms with van der Waals surface area (Å²) in [4.78, 5) is 0. The normalized spacial score (nSPS) is 10.6. The van der Waals surface area contributed by atoms with Gasteiger partial charge in [-0.1, -0.05) is 12.1 Å². The number of nitrogens with one attached hydrogen (secondary N) is 1. The quantitative estimate of drug-likeness (QED) is 0.841. The molecule has 0 atom stereocenters. The van der Waals surface area contributed by atoms with Crippen LogP contribution >= 0.6 is 0 Å². The highest BCUT2D eigenvalue weighted by Gasteiger charge is 2.09. The molecule has 1 aromatic heterocycles. The van der Waals surface area contributed by atoms with Crippen LogP contribution < -0.4 is 14.8 Å². The van der Waals surface area contributed by atoms with Gasteiger partial charge in [-0.2, -0.15) is 5.10 Å². The molecule has 0 saturated heterocycles. The van der Waals surface area contributed by atoms with Crippen LogP contribution in [0.1, 0.15) is 18.2 Å². The molecule has 1 aromatic carbocycles. The Kier molecular flexibility index (Phi) is 5.01. The van der Waals surface area contributed by atoms with E-state index in [4.69, 9.17) is 9.47 Å². The van der Waals surface area contributed by atoms with Crippen molar-refractivity contribution >= 4 is 0 Å². The summed E-state index contributed by atoms with van der Waals surface area (Å²) in [5.74, 6) is 1.54. The van der Waals surface area contributed by atoms with Crippen LogP contribution in [0.15, 0.2) is 30.5 Å². The summed E-state index contributed by atoms with van der Waals surface area (Å²) in [7, 11) is 3.31. The van der Waals surface area contributed by atoms with E-state index in [9.17, 15) is 0 Å². The van der Waals surface area contributed by atoms with Crippen LogP contribution in [0.5, 0.6) is 11.5 Å². The highest BCUT2D eigenvalue weighted by atomic mass is 16.5. The third kappa shape index (κ3) is 3.11. The van der Waals surface area contributed by atoms with Gasteiger partial charge >= 0.3 is 0 Å². The SMILES string of the molecule is CCn1nccc1CNCc1cccc(OC)c1OC. The van der Waals surface area contributed by atoms with Crippen molar-refractivity contribution in [3.63, 3.8) is 0 Å². The summed E-state index contributed by atoms with van der Waals surface area (Å²) in [5.41, 5.74) is 2.25. The smallest absolute Gasteiger partial charge is 0.165 e. The van der Waals surface area contributed by atoms with Gasteiger partial charge in [0.25, 0.3) is 0 Å². The molecule has 0 amide bonds. The average molecular weight is 275 g/mol. The molecule has 1 N–H and O–H groups in total. The van der Waals surface area contributed by atoms with E-state index in [-0.39, 0.29) is 0 Å². The number of hydrogen-bond donors (Lipinski definition) is 1. The summed E-state index contributed by atoms with van der Waals surface area (Å²) in [6.07, 6.45) is 1.83. The number of nitrogens with zero attached hydrogens (tertiary/aromatic N) is 2. The molecule has 5 heteroatoms. The molecule has 2 rings (SSSR count). The van der Waals surface area contributed by atoms with Gasteiger partial charge in [0.2, 0.25) is 0 Å². The standard InChI is InChI=1S/C15H21N3O2/c1-4-18-13(8-9-17-18)11-16-10-12-6-5-7-14(19-2)15(12)20-3/h5-9,16H,4,10-11H2,1-3H3. The Morgan fingerprint density at radius 1 is 1.15 bits per heavy atom. The molecular formula is C15H21N3O2. The summed E-state index contributed by atoms with van der Waals surface area (Å²) in [6.45, 7) is 4.46. The maximum atomic E-state index is 5.42. The van der Waals surface area contributed by atoms with Gasteiger partial charge < -0.3 is 14.8 Å². The van der Waals surface area contributed by atoms with E-state index in [0.29, 0.717) is 0 Å². The van der Waals surface area contributed by atoms with Gasteiger partial charge in [0.15, 0.2) is 11.5 Å². The lowest BCUT2D eigenvalue weighted by Crippen LogP contribution is -2.16. The highest BCUT2D eigenvalue weighted by Crippen LogP contribution is 2.30. The number of para-hydroxylation sites is 1. The van der Waals surface area contributed by atoms with Crippen molar-refractivity contribution < 1.29 is 9.47 Å². The minimum Gasteiger partial charge on any atom is -0.493 e. The number of aryl methyl sites for hydroxylation is 1. The Balaban J connectivity index is 2.01. The first-order chi connectivity index (χ1) is 9.80. The van der Waals surface area contributed by atoms with Crippen molar-refractivity contribution in [2.75, 3.05) is 14.2 Å². The average Bonchev–Trinajstić information content (AvgIpc) is 2.94. The maximum absolute atomic E-state index is 5.42. The van der Waals surface area contributed by atoms with Crippen LogP contribution in [0.25, 0.3) is 0 Å². The van der Waals surface area contributed by atoms with Crippen LogP contribution in [0.4, 0.5) is 0 Å². The van der Waals surface area contributed by atoms with Crippen LogP contribution in [-0.4, -0.2) is 24.0 Å². The monoisotopic (exact) mass is 275 g/mol. The summed E-state index contributed by atoms with van der Waals surface area (Å²) in [5, 5.41) is 7.66. The Labute approximate surface area is 119 Å². The molecule has 0 bridgehead atoms. The second-order valence-corrected chi connectivity index (χ2v) is 4.39. The zero-order valence-electron chi connectivity index (χ0n) is 12.2. The van der Waals surface area contributed by atoms with E-state index in [1.807, 2.05) is 35.1 Å². The van der Waals surface area contributed by atoms with Crippen LogP contribution in [0, 0.1) is 0 Å². The molecule has 5 nitrogen and oxygen atoms in total. The fourth-order valence-electron chi connectivity index (χ4n) is 2.21. The van der Waals surface area contributed by atoms with E-state index >= 15 is 0 Å². The van der Waals surface area contributed by atoms with Crippen LogP contribution in [-0.2, 0) is 19.6 Å². The minimum absolute atomic E-state index is 0.718. The first-order valence-electron chi connectivity index (χ1n) is 6.71. The highest BCUT2D eigenvalue weighted by molar-refractivity contribution is 5.46. The molecule has 0 aliphatic carbocycles. The van der Waals surface area contributed by atoms with E-state index < -0.39 is 0 Å². The number of ether oxygens (including phenoxy) is 2. The zero-order valence-corrected chi connectivity index (χ0v) is 12.2. The van der Waals surface area contributed by atoms with Crippen molar-refractivity contribution in [3.05, 3.63) is 41.7 Å². The molecule has 0 aliphatic heterocycles. The molecule has 20 heavy (non-hydrogen) atoms. The molecular weight excluding hydrogens is 254 g/mol. The van der Waals surface area contributed by atoms with Gasteiger partial charge in [0.1, 0.15) is 0 Å². The number of hydrogen-bond acceptors (Lipinski definition) is 4. The largest absolute Gasteiger partial charge is 0.493 e. The second kappa shape index (κ2) is 6.96. The minimum atomic E-state index is 0.718. The van der Waals surface area contributed by atoms with Gasteiger partial charge in [0, 0.05) is 31.4 Å². The maximum Gasteiger partial charge on any atom is 0.165 e. The van der Waals surface area contributed by atoms with E-state index in [1.165, 1.54) is 5.69 Å². The Morgan fingerprint density at radius 2 is 2.00 bits per heavy atom. The predicted octanol–water partition coefficient (Wildman–Crippen LogP) is 2.21. The molecule has 0 spiro atoms. The molecule has 0 unspecified atom stereocenters. The Morgan fingerprint density at radius 3 is 2.70 bits per heavy atom. The van der Waals surface area contributed by atoms with Crippen molar-refractivity contribution in [1.82, 2.24) is 15.1 Å². The molecule has 0 radical (unpaired) electrons. The molecule has 1 heterocycles. The van der Waals surface area contributed by atoms with E-state index in [1.54, 1.807) is 14.2 Å². The second-order valence-electron chi connectivity index (χ2n) is 4.39. The first-order valence-corrected chi connectivity index (χ1v) is 6.71. The van der Waals surface area contributed by atoms with Gasteiger partial charge in [-0.05, 0) is 19.1 Å². The summed E-state index contributed by atoms with van der Waals surface area (Å²) in [6, 6.07) is 7.92. The lowest BCUT2D eigenvalue weighted by molar-refractivity contribution is 0.350. The molecule has 2 aromatic rings. The number of rotatable bonds is 7. The number of methoxy groups -OCH3 is 2. The van der Waals surface area contributed by atoms with Gasteiger partial charge in [-0.3, -0.25) is 4.68 Å². The lowest BCUT2D eigenvalue weighted by Gasteiger charge is -2.13. The van der Waals surface area contributed by atoms with Crippen molar-refractivity contribution in [1.29, 1.82) is 0 Å². The number of aromatic nitrogens is 2. The van der Waals surface area contributed by atoms with Gasteiger partial charge in [0.05, 0.1) is 19.9 Å². The third-order valence-electron chi connectivity index (χ3n) is 3.21. The lowest BCUT2D eigenvalue weighted by atomic mass is 10.2. The third-order valence-corrected chi connectivity index (χ3v) is 3.21. The van der Waals surface area contributed by atoms with Crippen molar-refractivity contribution in [2.45, 2.75) is 26.6 Å². The van der Waals surface area contributed by atoms with Crippen LogP contribution in [0.2, 0.25) is 0 Å². The molecule has 0 fully saturated rings. The summed E-state index contributed by atoms with van der Waals surface area (Å²) < 4.78 is 12.7. The van der Waals surface area contributed by atoms with Crippen molar-refractivity contribution in [3.8, 4) is 11.5 Å². The van der Waals surface area contributed by atoms with Gasteiger partial charge in [-0.25, -0.2) is 0 Å². The topological polar surface area (TPSA) is 48.3 Å². The van der Waals surface area contributed by atoms with Crippen LogP contribution in [0.3, 0.4) is 0 Å². The fourth-order valence-corrected chi connectivity index (χ4v) is 2.21. The Hall–Kier alpha value is -2.01. The number of benzene rings is 1. The van der Waals surface area contributed by atoms with E-state index in [0.717, 1.165) is 36.7 Å². The van der Waals surface area contributed by atoms with E-state index in [2.05, 4.69) is 17.3 Å². The fraction of sp³-hybridized carbons (Fsp3) is 0.400. The molecule has 0 aliphatic rings. The first kappa shape index (κ1) is 14.4. The molecule has 0 saturated carbocycles. The van der Waals surface area contributed by atoms with Gasteiger partial charge in [-0.15, -0.1) is 0 Å². The zero-order chi connectivity index (χ0) is 14.4.